The fourth-order valence-electron chi connectivity index (χ4n) is 3.93. The van der Waals surface area contributed by atoms with E-state index in [0.29, 0.717) is 42.7 Å². The van der Waals surface area contributed by atoms with Crippen LogP contribution in [0.25, 0.3) is 0 Å². The third-order valence-corrected chi connectivity index (χ3v) is 5.85. The lowest BCUT2D eigenvalue weighted by atomic mass is 9.98. The molecule has 10 nitrogen and oxygen atoms in total. The molecule has 1 amide bonds. The average molecular weight is 440 g/mol. The number of ether oxygens (including phenoxy) is 1. The second-order valence-electron chi connectivity index (χ2n) is 7.58. The number of amides is 1. The van der Waals surface area contributed by atoms with E-state index in [9.17, 15) is 4.79 Å². The molecular formula is C20H21N7O3S. The van der Waals surface area contributed by atoms with Gasteiger partial charge in [0.2, 0.25) is 5.89 Å². The molecule has 0 unspecified atom stereocenters. The third kappa shape index (κ3) is 3.65. The SMILES string of the molecule is COC1=CC=CN(N=S)/C1=C\C[C@H]1c2nc[nH]c2CCN1C(=O)c1nnc(C2CC2)o1. The maximum absolute atomic E-state index is 13.3. The van der Waals surface area contributed by atoms with Crippen molar-refractivity contribution >= 4 is 18.3 Å². The summed E-state index contributed by atoms with van der Waals surface area (Å²) >= 11 is 4.89. The van der Waals surface area contributed by atoms with Crippen LogP contribution in [-0.4, -0.2) is 49.6 Å². The molecule has 0 radical (unpaired) electrons. The second-order valence-corrected chi connectivity index (χ2v) is 7.74. The van der Waals surface area contributed by atoms with Crippen LogP contribution in [0.15, 0.2) is 51.1 Å². The summed E-state index contributed by atoms with van der Waals surface area (Å²) in [5.41, 5.74) is 2.56. The number of hydrogen-bond acceptors (Lipinski definition) is 8. The highest BCUT2D eigenvalue weighted by Gasteiger charge is 2.37. The van der Waals surface area contributed by atoms with Crippen molar-refractivity contribution in [1.82, 2.24) is 30.1 Å². The zero-order valence-electron chi connectivity index (χ0n) is 16.9. The largest absolute Gasteiger partial charge is 0.495 e. The molecule has 160 valence electrons. The molecule has 1 saturated carbocycles. The van der Waals surface area contributed by atoms with Crippen LogP contribution in [0.2, 0.25) is 0 Å². The van der Waals surface area contributed by atoms with Crippen molar-refractivity contribution in [3.63, 3.8) is 0 Å². The van der Waals surface area contributed by atoms with Gasteiger partial charge in [0.05, 0.1) is 37.6 Å². The second kappa shape index (κ2) is 8.06. The molecule has 2 aromatic rings. The van der Waals surface area contributed by atoms with Crippen LogP contribution in [0.4, 0.5) is 0 Å². The van der Waals surface area contributed by atoms with E-state index in [0.717, 1.165) is 24.2 Å². The lowest BCUT2D eigenvalue weighted by Crippen LogP contribution is -2.40. The number of carbonyl (C=O) groups is 1. The number of nitrogens with one attached hydrogen (secondary N) is 1. The Labute approximate surface area is 183 Å². The van der Waals surface area contributed by atoms with Gasteiger partial charge in [-0.25, -0.2) is 9.99 Å². The Balaban J connectivity index is 1.44. The molecule has 1 atom stereocenters. The van der Waals surface area contributed by atoms with E-state index in [1.54, 1.807) is 35.6 Å². The number of methoxy groups -OCH3 is 1. The van der Waals surface area contributed by atoms with E-state index in [1.165, 1.54) is 0 Å². The van der Waals surface area contributed by atoms with Gasteiger partial charge in [-0.05, 0) is 31.4 Å². The highest BCUT2D eigenvalue weighted by Crippen LogP contribution is 2.39. The smallest absolute Gasteiger partial charge is 0.311 e. The molecule has 11 heteroatoms. The van der Waals surface area contributed by atoms with Gasteiger partial charge in [0.15, 0.2) is 0 Å². The number of H-pyrrole nitrogens is 1. The van der Waals surface area contributed by atoms with Crippen molar-refractivity contribution in [2.45, 2.75) is 37.6 Å². The van der Waals surface area contributed by atoms with E-state index in [2.05, 4.69) is 24.6 Å². The van der Waals surface area contributed by atoms with Gasteiger partial charge in [-0.2, -0.15) is 0 Å². The first-order valence-electron chi connectivity index (χ1n) is 10.1. The molecule has 5 rings (SSSR count). The quantitative estimate of drug-likeness (QED) is 0.731. The van der Waals surface area contributed by atoms with Crippen molar-refractivity contribution in [3.8, 4) is 0 Å². The Morgan fingerprint density at radius 3 is 3.10 bits per heavy atom. The van der Waals surface area contributed by atoms with Gasteiger partial charge in [0.25, 0.3) is 0 Å². The number of carbonyl (C=O) groups excluding carboxylic acids is 1. The monoisotopic (exact) mass is 439 g/mol. The summed E-state index contributed by atoms with van der Waals surface area (Å²) in [6.45, 7) is 0.519. The maximum atomic E-state index is 13.3. The Morgan fingerprint density at radius 1 is 1.45 bits per heavy atom. The van der Waals surface area contributed by atoms with Crippen LogP contribution in [0.3, 0.4) is 0 Å². The number of allylic oxidation sites excluding steroid dienone is 2. The van der Waals surface area contributed by atoms with E-state index >= 15 is 0 Å². The lowest BCUT2D eigenvalue weighted by molar-refractivity contribution is 0.0614. The van der Waals surface area contributed by atoms with Gasteiger partial charge in [-0.15, -0.1) is 10.2 Å². The fraction of sp³-hybridized carbons (Fsp3) is 0.400. The van der Waals surface area contributed by atoms with Crippen LogP contribution >= 0.6 is 0 Å². The number of fused-ring (bicyclic) bond motifs is 1. The third-order valence-electron chi connectivity index (χ3n) is 5.67. The topological polar surface area (TPSA) is 113 Å². The van der Waals surface area contributed by atoms with Crippen molar-refractivity contribution < 1.29 is 13.9 Å². The lowest BCUT2D eigenvalue weighted by Gasteiger charge is -2.34. The summed E-state index contributed by atoms with van der Waals surface area (Å²) < 4.78 is 15.0. The molecule has 1 fully saturated rings. The van der Waals surface area contributed by atoms with Crippen molar-refractivity contribution in [3.05, 3.63) is 65.4 Å². The summed E-state index contributed by atoms with van der Waals surface area (Å²) in [5, 5.41) is 9.62. The molecule has 4 heterocycles. The first-order valence-corrected chi connectivity index (χ1v) is 10.5. The molecule has 0 aromatic carbocycles. The minimum Gasteiger partial charge on any atom is -0.495 e. The molecular weight excluding hydrogens is 418 g/mol. The molecule has 0 bridgehead atoms. The van der Waals surface area contributed by atoms with E-state index in [-0.39, 0.29) is 17.8 Å². The summed E-state index contributed by atoms with van der Waals surface area (Å²) in [4.78, 5) is 22.7. The Kier molecular flexibility index (Phi) is 5.10. The van der Waals surface area contributed by atoms with Crippen LogP contribution in [0.5, 0.6) is 0 Å². The summed E-state index contributed by atoms with van der Waals surface area (Å²) in [6.07, 6.45) is 12.2. The van der Waals surface area contributed by atoms with Gasteiger partial charge in [0, 0.05) is 30.8 Å². The molecule has 2 aliphatic heterocycles. The van der Waals surface area contributed by atoms with Crippen LogP contribution in [0.1, 0.15) is 59.2 Å². The van der Waals surface area contributed by atoms with Gasteiger partial charge in [0.1, 0.15) is 11.5 Å². The normalized spacial score (nSPS) is 21.8. The van der Waals surface area contributed by atoms with Crippen LogP contribution < -0.4 is 0 Å². The Bertz CT molecular complexity index is 1100. The summed E-state index contributed by atoms with van der Waals surface area (Å²) in [7, 11) is 1.59. The summed E-state index contributed by atoms with van der Waals surface area (Å²) in [6, 6.07) is -0.303. The first-order chi connectivity index (χ1) is 15.2. The fourth-order valence-corrected chi connectivity index (χ4v) is 4.07. The zero-order chi connectivity index (χ0) is 21.4. The highest BCUT2D eigenvalue weighted by atomic mass is 32.1. The standard InChI is InChI=1S/C20H21N7O3S/c1-29-16-3-2-9-27(25-31)14(16)6-7-15-17-13(21-11-22-17)8-10-26(15)20(28)19-24-23-18(30-19)12-4-5-12/h2-3,6,9,11-12,15H,4-5,7-8,10H2,1H3,(H,21,22)/b14-6-/t15-/m0/s1. The molecule has 2 aromatic heterocycles. The van der Waals surface area contributed by atoms with Crippen LogP contribution in [-0.2, 0) is 23.6 Å². The molecule has 31 heavy (non-hydrogen) atoms. The van der Waals surface area contributed by atoms with Crippen molar-refractivity contribution in [1.29, 1.82) is 0 Å². The molecule has 1 aliphatic carbocycles. The zero-order valence-corrected chi connectivity index (χ0v) is 17.7. The molecule has 1 N–H and O–H groups in total. The van der Waals surface area contributed by atoms with Crippen molar-refractivity contribution in [2.24, 2.45) is 4.47 Å². The number of rotatable bonds is 6. The molecule has 0 spiro atoms. The Hall–Kier alpha value is -3.34. The van der Waals surface area contributed by atoms with Gasteiger partial charge >= 0.3 is 11.8 Å². The Morgan fingerprint density at radius 2 is 2.32 bits per heavy atom. The average Bonchev–Trinajstić information content (AvgIpc) is 3.33. The van der Waals surface area contributed by atoms with Crippen LogP contribution in [0, 0.1) is 0 Å². The number of nitrogens with zero attached hydrogens (tertiary/aromatic N) is 6. The highest BCUT2D eigenvalue weighted by molar-refractivity contribution is 7.47. The van der Waals surface area contributed by atoms with E-state index in [4.69, 9.17) is 21.6 Å². The van der Waals surface area contributed by atoms with Gasteiger partial charge in [-0.3, -0.25) is 4.79 Å². The van der Waals surface area contributed by atoms with Gasteiger partial charge < -0.3 is 19.0 Å². The minimum atomic E-state index is -0.303. The number of imidazole rings is 1. The number of aromatic nitrogens is 4. The molecule has 0 saturated heterocycles. The van der Waals surface area contributed by atoms with E-state index < -0.39 is 0 Å². The summed E-state index contributed by atoms with van der Waals surface area (Å²) in [5.74, 6) is 1.22. The predicted molar refractivity (Wildman–Crippen MR) is 111 cm³/mol. The van der Waals surface area contributed by atoms with Gasteiger partial charge in [-0.1, -0.05) is 10.5 Å². The number of hydrogen-bond donors (Lipinski definition) is 1. The minimum absolute atomic E-state index is 0.0267. The number of aromatic amines is 1. The maximum Gasteiger partial charge on any atom is 0.311 e. The molecule has 3 aliphatic rings. The van der Waals surface area contributed by atoms with E-state index in [1.807, 2.05) is 12.2 Å². The predicted octanol–water partition coefficient (Wildman–Crippen LogP) is 2.69. The van der Waals surface area contributed by atoms with Crippen molar-refractivity contribution in [2.75, 3.05) is 13.7 Å². The first kappa shape index (κ1) is 19.6.